The average Bonchev–Trinajstić information content (AvgIpc) is 2.66. The molecular weight excluding hydrogens is 350 g/mol. The summed E-state index contributed by atoms with van der Waals surface area (Å²) in [6.45, 7) is 1.65. The third-order valence-electron chi connectivity index (χ3n) is 4.25. The highest BCUT2D eigenvalue weighted by atomic mass is 16.5. The molecule has 0 saturated heterocycles. The van der Waals surface area contributed by atoms with E-state index in [-0.39, 0.29) is 17.7 Å². The Labute approximate surface area is 157 Å². The summed E-state index contributed by atoms with van der Waals surface area (Å²) in [6.07, 6.45) is -0.307. The second-order valence-electron chi connectivity index (χ2n) is 6.13. The number of hydrogen-bond acceptors (Lipinski definition) is 5. The van der Waals surface area contributed by atoms with Crippen LogP contribution in [0.1, 0.15) is 29.3 Å². The number of para-hydroxylation sites is 1. The van der Waals surface area contributed by atoms with E-state index in [1.165, 1.54) is 21.3 Å². The minimum atomic E-state index is -1.16. The fourth-order valence-electron chi connectivity index (χ4n) is 2.87. The lowest BCUT2D eigenvalue weighted by atomic mass is 9.88. The fraction of sp³-hybridized carbons (Fsp3) is 0.300. The Hall–Kier alpha value is -3.22. The highest BCUT2D eigenvalue weighted by Gasteiger charge is 2.33. The Morgan fingerprint density at radius 3 is 2.33 bits per heavy atom. The average molecular weight is 373 g/mol. The van der Waals surface area contributed by atoms with E-state index in [0.29, 0.717) is 17.1 Å². The van der Waals surface area contributed by atoms with E-state index in [1.807, 2.05) is 0 Å². The van der Waals surface area contributed by atoms with Crippen molar-refractivity contribution in [1.29, 1.82) is 0 Å². The Balaban J connectivity index is 2.44. The highest BCUT2D eigenvalue weighted by Crippen LogP contribution is 2.33. The van der Waals surface area contributed by atoms with Crippen LogP contribution in [0.2, 0.25) is 0 Å². The molecule has 1 amide bonds. The van der Waals surface area contributed by atoms with E-state index in [9.17, 15) is 14.7 Å². The van der Waals surface area contributed by atoms with Crippen LogP contribution < -0.4 is 19.5 Å². The van der Waals surface area contributed by atoms with Crippen molar-refractivity contribution in [1.82, 2.24) is 5.32 Å². The largest absolute Gasteiger partial charge is 0.497 e. The molecule has 27 heavy (non-hydrogen) atoms. The third-order valence-corrected chi connectivity index (χ3v) is 4.25. The van der Waals surface area contributed by atoms with Gasteiger partial charge in [0.1, 0.15) is 5.75 Å². The van der Waals surface area contributed by atoms with Gasteiger partial charge in [-0.25, -0.2) is 0 Å². The van der Waals surface area contributed by atoms with Crippen molar-refractivity contribution in [3.05, 3.63) is 53.6 Å². The zero-order chi connectivity index (χ0) is 20.0. The van der Waals surface area contributed by atoms with Crippen LogP contribution in [0, 0.1) is 0 Å². The maximum atomic E-state index is 12.9. The number of hydrogen-bond donors (Lipinski definition) is 2. The molecule has 2 N–H and O–H groups in total. The molecule has 0 heterocycles. The molecule has 7 heteroatoms. The Bertz CT molecular complexity index is 835. The number of carboxylic acids is 1. The van der Waals surface area contributed by atoms with Crippen LogP contribution in [0.25, 0.3) is 0 Å². The van der Waals surface area contributed by atoms with Crippen LogP contribution in [-0.2, 0) is 10.3 Å². The number of methoxy groups -OCH3 is 3. The molecule has 0 bridgehead atoms. The Morgan fingerprint density at radius 1 is 1.04 bits per heavy atom. The van der Waals surface area contributed by atoms with Crippen molar-refractivity contribution in [3.8, 4) is 17.2 Å². The number of carbonyl (C=O) groups is 2. The molecule has 1 unspecified atom stereocenters. The van der Waals surface area contributed by atoms with Crippen LogP contribution in [-0.4, -0.2) is 38.3 Å². The van der Waals surface area contributed by atoms with Gasteiger partial charge in [0.15, 0.2) is 11.5 Å². The molecule has 0 aromatic heterocycles. The van der Waals surface area contributed by atoms with Gasteiger partial charge in [-0.2, -0.15) is 0 Å². The molecule has 0 aliphatic heterocycles. The van der Waals surface area contributed by atoms with Crippen molar-refractivity contribution in [2.24, 2.45) is 0 Å². The number of rotatable bonds is 8. The quantitative estimate of drug-likeness (QED) is 0.739. The molecule has 0 saturated carbocycles. The van der Waals surface area contributed by atoms with Gasteiger partial charge in [0.2, 0.25) is 0 Å². The van der Waals surface area contributed by atoms with E-state index in [0.717, 1.165) is 0 Å². The first-order valence-corrected chi connectivity index (χ1v) is 8.24. The molecule has 2 rings (SSSR count). The summed E-state index contributed by atoms with van der Waals surface area (Å²) >= 11 is 0. The van der Waals surface area contributed by atoms with Crippen LogP contribution >= 0.6 is 0 Å². The first-order chi connectivity index (χ1) is 12.8. The van der Waals surface area contributed by atoms with Crippen LogP contribution in [0.3, 0.4) is 0 Å². The maximum absolute atomic E-state index is 12.9. The molecule has 2 aromatic rings. The van der Waals surface area contributed by atoms with E-state index in [1.54, 1.807) is 49.4 Å². The molecule has 7 nitrogen and oxygen atoms in total. The predicted octanol–water partition coefficient (Wildman–Crippen LogP) is 2.83. The van der Waals surface area contributed by atoms with E-state index in [4.69, 9.17) is 14.2 Å². The SMILES string of the molecule is COc1cccc(C(C)(CC(=O)O)NC(=O)c2cccc(OC)c2OC)c1. The summed E-state index contributed by atoms with van der Waals surface area (Å²) in [4.78, 5) is 24.4. The first kappa shape index (κ1) is 20.1. The second-order valence-corrected chi connectivity index (χ2v) is 6.13. The monoisotopic (exact) mass is 373 g/mol. The lowest BCUT2D eigenvalue weighted by Crippen LogP contribution is -2.45. The van der Waals surface area contributed by atoms with Gasteiger partial charge in [0.25, 0.3) is 5.91 Å². The maximum Gasteiger partial charge on any atom is 0.306 e. The van der Waals surface area contributed by atoms with Crippen molar-refractivity contribution in [2.45, 2.75) is 18.9 Å². The topological polar surface area (TPSA) is 94.1 Å². The molecule has 2 aromatic carbocycles. The molecule has 0 radical (unpaired) electrons. The number of ether oxygens (including phenoxy) is 3. The van der Waals surface area contributed by atoms with Crippen molar-refractivity contribution >= 4 is 11.9 Å². The van der Waals surface area contributed by atoms with Crippen LogP contribution in [0.5, 0.6) is 17.2 Å². The lowest BCUT2D eigenvalue weighted by Gasteiger charge is -2.30. The summed E-state index contributed by atoms with van der Waals surface area (Å²) in [7, 11) is 4.44. The number of benzene rings is 2. The standard InChI is InChI=1S/C20H23NO6/c1-20(12-17(22)23,13-7-5-8-14(11-13)25-2)21-19(24)15-9-6-10-16(26-3)18(15)27-4/h5-11H,12H2,1-4H3,(H,21,24)(H,22,23). The van der Waals surface area contributed by atoms with Gasteiger partial charge < -0.3 is 24.6 Å². The number of amides is 1. The van der Waals surface area contributed by atoms with Gasteiger partial charge in [-0.05, 0) is 36.8 Å². The number of carboxylic acid groups (broad SMARTS) is 1. The van der Waals surface area contributed by atoms with Crippen LogP contribution in [0.4, 0.5) is 0 Å². The molecule has 1 atom stereocenters. The van der Waals surface area contributed by atoms with E-state index >= 15 is 0 Å². The van der Waals surface area contributed by atoms with Crippen molar-refractivity contribution in [2.75, 3.05) is 21.3 Å². The molecule has 0 fully saturated rings. The second kappa shape index (κ2) is 8.44. The van der Waals surface area contributed by atoms with Crippen LogP contribution in [0.15, 0.2) is 42.5 Å². The van der Waals surface area contributed by atoms with Crippen molar-refractivity contribution in [3.63, 3.8) is 0 Å². The number of carbonyl (C=O) groups excluding carboxylic acids is 1. The van der Waals surface area contributed by atoms with Crippen molar-refractivity contribution < 1.29 is 28.9 Å². The Kier molecular flexibility index (Phi) is 6.28. The predicted molar refractivity (Wildman–Crippen MR) is 99.6 cm³/mol. The molecule has 0 aliphatic rings. The molecule has 0 aliphatic carbocycles. The summed E-state index contributed by atoms with van der Waals surface area (Å²) < 4.78 is 15.7. The fourth-order valence-corrected chi connectivity index (χ4v) is 2.87. The van der Waals surface area contributed by atoms with Gasteiger partial charge >= 0.3 is 5.97 Å². The third kappa shape index (κ3) is 4.49. The summed E-state index contributed by atoms with van der Waals surface area (Å²) in [5, 5.41) is 12.2. The van der Waals surface area contributed by atoms with Gasteiger partial charge in [0.05, 0.1) is 38.9 Å². The summed E-state index contributed by atoms with van der Waals surface area (Å²) in [5.74, 6) is -0.264. The molecule has 144 valence electrons. The van der Waals surface area contributed by atoms with E-state index < -0.39 is 17.4 Å². The normalized spacial score (nSPS) is 12.6. The minimum Gasteiger partial charge on any atom is -0.497 e. The molecular formula is C20H23NO6. The Morgan fingerprint density at radius 2 is 1.74 bits per heavy atom. The summed E-state index contributed by atoms with van der Waals surface area (Å²) in [6, 6.07) is 11.9. The summed E-state index contributed by atoms with van der Waals surface area (Å²) in [5.41, 5.74) is -0.304. The zero-order valence-electron chi connectivity index (χ0n) is 15.7. The first-order valence-electron chi connectivity index (χ1n) is 8.24. The molecule has 0 spiro atoms. The number of aliphatic carboxylic acids is 1. The highest BCUT2D eigenvalue weighted by molar-refractivity contribution is 5.98. The number of nitrogens with one attached hydrogen (secondary N) is 1. The lowest BCUT2D eigenvalue weighted by molar-refractivity contribution is -0.138. The van der Waals surface area contributed by atoms with Gasteiger partial charge in [-0.15, -0.1) is 0 Å². The zero-order valence-corrected chi connectivity index (χ0v) is 15.7. The van der Waals surface area contributed by atoms with E-state index in [2.05, 4.69) is 5.32 Å². The minimum absolute atomic E-state index is 0.247. The van der Waals surface area contributed by atoms with Gasteiger partial charge in [0, 0.05) is 0 Å². The van der Waals surface area contributed by atoms with Gasteiger partial charge in [-0.1, -0.05) is 18.2 Å². The smallest absolute Gasteiger partial charge is 0.306 e. The van der Waals surface area contributed by atoms with Gasteiger partial charge in [-0.3, -0.25) is 9.59 Å².